The molecule has 0 spiro atoms. The second kappa shape index (κ2) is 8.83. The number of anilines is 1. The maximum Gasteiger partial charge on any atom is 0.193 e. The van der Waals surface area contributed by atoms with Gasteiger partial charge in [0.15, 0.2) is 5.96 Å². The van der Waals surface area contributed by atoms with Crippen LogP contribution in [0.3, 0.4) is 0 Å². The van der Waals surface area contributed by atoms with Crippen molar-refractivity contribution in [3.05, 3.63) is 40.3 Å². The second-order valence-electron chi connectivity index (χ2n) is 4.11. The maximum absolute atomic E-state index is 5.88. The highest BCUT2D eigenvalue weighted by molar-refractivity contribution is 14.0. The van der Waals surface area contributed by atoms with Gasteiger partial charge in [-0.2, -0.15) is 0 Å². The molecule has 5 nitrogen and oxygen atoms in total. The van der Waals surface area contributed by atoms with Crippen LogP contribution in [0.5, 0.6) is 5.75 Å². The lowest BCUT2D eigenvalue weighted by molar-refractivity contribution is 0.417. The van der Waals surface area contributed by atoms with Crippen molar-refractivity contribution < 1.29 is 4.74 Å². The van der Waals surface area contributed by atoms with Gasteiger partial charge in [0.2, 0.25) is 0 Å². The van der Waals surface area contributed by atoms with E-state index in [-0.39, 0.29) is 24.0 Å². The molecule has 2 aromatic rings. The number of aliphatic imine (C=N–C) groups is 1. The summed E-state index contributed by atoms with van der Waals surface area (Å²) >= 11 is 1.65. The number of halogens is 1. The number of rotatable bonds is 5. The fourth-order valence-electron chi connectivity index (χ4n) is 1.68. The number of aromatic nitrogens is 1. The minimum Gasteiger partial charge on any atom is -0.495 e. The number of aryl methyl sites for hydroxylation is 1. The molecule has 3 N–H and O–H groups in total. The van der Waals surface area contributed by atoms with Crippen molar-refractivity contribution in [3.63, 3.8) is 0 Å². The van der Waals surface area contributed by atoms with Gasteiger partial charge in [-0.1, -0.05) is 19.1 Å². The van der Waals surface area contributed by atoms with Crippen molar-refractivity contribution in [1.29, 1.82) is 0 Å². The molecule has 0 bridgehead atoms. The Balaban J connectivity index is 0.00000220. The molecular weight excluding hydrogens is 399 g/mol. The molecule has 1 aromatic heterocycles. The van der Waals surface area contributed by atoms with E-state index < -0.39 is 0 Å². The van der Waals surface area contributed by atoms with Crippen LogP contribution < -0.4 is 15.8 Å². The van der Waals surface area contributed by atoms with Gasteiger partial charge in [0.25, 0.3) is 0 Å². The van der Waals surface area contributed by atoms with Crippen molar-refractivity contribution in [3.8, 4) is 5.75 Å². The molecule has 21 heavy (non-hydrogen) atoms. The number of hydrogen-bond acceptors (Lipinski definition) is 4. The normalized spacial score (nSPS) is 10.9. The number of thiazole rings is 1. The van der Waals surface area contributed by atoms with Crippen LogP contribution in [-0.2, 0) is 13.0 Å². The van der Waals surface area contributed by atoms with E-state index in [0.717, 1.165) is 28.6 Å². The average molecular weight is 418 g/mol. The summed E-state index contributed by atoms with van der Waals surface area (Å²) in [6.07, 6.45) is 0.948. The Kier molecular flexibility index (Phi) is 7.44. The zero-order valence-electron chi connectivity index (χ0n) is 12.0. The first kappa shape index (κ1) is 17.7. The summed E-state index contributed by atoms with van der Waals surface area (Å²) in [7, 11) is 1.62. The zero-order valence-corrected chi connectivity index (χ0v) is 15.1. The summed E-state index contributed by atoms with van der Waals surface area (Å²) < 4.78 is 5.24. The molecule has 0 aliphatic rings. The first-order valence-corrected chi connectivity index (χ1v) is 7.24. The molecule has 1 heterocycles. The summed E-state index contributed by atoms with van der Waals surface area (Å²) in [6, 6.07) is 7.56. The number of nitrogens with zero attached hydrogens (tertiary/aromatic N) is 2. The Labute approximate surface area is 145 Å². The van der Waals surface area contributed by atoms with Crippen LogP contribution in [0.2, 0.25) is 0 Å². The Morgan fingerprint density at radius 1 is 1.43 bits per heavy atom. The predicted octanol–water partition coefficient (Wildman–Crippen LogP) is 3.26. The molecule has 0 radical (unpaired) electrons. The van der Waals surface area contributed by atoms with E-state index in [4.69, 9.17) is 10.5 Å². The van der Waals surface area contributed by atoms with Gasteiger partial charge in [-0.15, -0.1) is 35.3 Å². The highest BCUT2D eigenvalue weighted by Gasteiger charge is 2.03. The number of benzene rings is 1. The standard InChI is InChI=1S/C14H18N4OS.HI/c1-3-13-17-10(9-20-13)8-16-14(15)18-11-6-4-5-7-12(11)19-2;/h4-7,9H,3,8H2,1-2H3,(H3,15,16,18);1H. The van der Waals surface area contributed by atoms with E-state index in [1.165, 1.54) is 0 Å². The molecule has 114 valence electrons. The molecule has 0 aliphatic heterocycles. The summed E-state index contributed by atoms with van der Waals surface area (Å²) in [5.74, 6) is 1.08. The first-order chi connectivity index (χ1) is 9.72. The number of ether oxygens (including phenoxy) is 1. The van der Waals surface area contributed by atoms with Gasteiger partial charge >= 0.3 is 0 Å². The zero-order chi connectivity index (χ0) is 14.4. The van der Waals surface area contributed by atoms with E-state index in [1.54, 1.807) is 18.4 Å². The molecule has 0 aliphatic carbocycles. The van der Waals surface area contributed by atoms with Gasteiger partial charge in [0.1, 0.15) is 5.75 Å². The van der Waals surface area contributed by atoms with E-state index in [1.807, 2.05) is 29.6 Å². The van der Waals surface area contributed by atoms with Crippen LogP contribution in [0.1, 0.15) is 17.6 Å². The molecule has 0 atom stereocenters. The fourth-order valence-corrected chi connectivity index (χ4v) is 2.41. The van der Waals surface area contributed by atoms with Gasteiger partial charge in [-0.05, 0) is 18.6 Å². The third-order valence-corrected chi connectivity index (χ3v) is 3.72. The largest absolute Gasteiger partial charge is 0.495 e. The SMILES string of the molecule is CCc1nc(CN=C(N)Nc2ccccc2OC)cs1.I. The van der Waals surface area contributed by atoms with Gasteiger partial charge in [-0.25, -0.2) is 9.98 Å². The second-order valence-corrected chi connectivity index (χ2v) is 5.06. The lowest BCUT2D eigenvalue weighted by atomic mass is 10.3. The third-order valence-electron chi connectivity index (χ3n) is 2.68. The molecule has 0 saturated heterocycles. The number of para-hydroxylation sites is 2. The quantitative estimate of drug-likeness (QED) is 0.444. The van der Waals surface area contributed by atoms with Crippen molar-refractivity contribution in [2.75, 3.05) is 12.4 Å². The number of hydrogen-bond donors (Lipinski definition) is 2. The fraction of sp³-hybridized carbons (Fsp3) is 0.286. The summed E-state index contributed by atoms with van der Waals surface area (Å²) in [5.41, 5.74) is 7.61. The summed E-state index contributed by atoms with van der Waals surface area (Å²) in [6.45, 7) is 2.56. The van der Waals surface area contributed by atoms with Crippen LogP contribution in [0.4, 0.5) is 5.69 Å². The number of nitrogens with two attached hydrogens (primary N) is 1. The predicted molar refractivity (Wildman–Crippen MR) is 98.9 cm³/mol. The third kappa shape index (κ3) is 5.16. The van der Waals surface area contributed by atoms with Gasteiger partial charge < -0.3 is 15.8 Å². The van der Waals surface area contributed by atoms with E-state index in [0.29, 0.717) is 12.5 Å². The minimum atomic E-state index is 0. The molecule has 2 rings (SSSR count). The van der Waals surface area contributed by atoms with E-state index in [9.17, 15) is 0 Å². The molecule has 0 saturated carbocycles. The Morgan fingerprint density at radius 2 is 2.19 bits per heavy atom. The number of methoxy groups -OCH3 is 1. The Hall–Kier alpha value is -1.35. The molecule has 1 aromatic carbocycles. The van der Waals surface area contributed by atoms with E-state index >= 15 is 0 Å². The molecule has 0 unspecified atom stereocenters. The van der Waals surface area contributed by atoms with Crippen molar-refractivity contribution >= 4 is 47.0 Å². The van der Waals surface area contributed by atoms with Crippen molar-refractivity contribution in [2.45, 2.75) is 19.9 Å². The number of nitrogens with one attached hydrogen (secondary N) is 1. The van der Waals surface area contributed by atoms with Crippen molar-refractivity contribution in [1.82, 2.24) is 4.98 Å². The van der Waals surface area contributed by atoms with Crippen LogP contribution in [0.25, 0.3) is 0 Å². The topological polar surface area (TPSA) is 72.5 Å². The number of guanidine groups is 1. The molecule has 7 heteroatoms. The minimum absolute atomic E-state index is 0. The van der Waals surface area contributed by atoms with Crippen LogP contribution in [0.15, 0.2) is 34.6 Å². The van der Waals surface area contributed by atoms with Gasteiger partial charge in [0, 0.05) is 5.38 Å². The van der Waals surface area contributed by atoms with Crippen LogP contribution in [-0.4, -0.2) is 18.1 Å². The van der Waals surface area contributed by atoms with E-state index in [2.05, 4.69) is 22.2 Å². The monoisotopic (exact) mass is 418 g/mol. The van der Waals surface area contributed by atoms with Crippen molar-refractivity contribution in [2.24, 2.45) is 10.7 Å². The lowest BCUT2D eigenvalue weighted by Crippen LogP contribution is -2.22. The lowest BCUT2D eigenvalue weighted by Gasteiger charge is -2.09. The maximum atomic E-state index is 5.88. The summed E-state index contributed by atoms with van der Waals surface area (Å²) in [5, 5.41) is 6.16. The smallest absolute Gasteiger partial charge is 0.193 e. The van der Waals surface area contributed by atoms with Crippen LogP contribution in [0, 0.1) is 0 Å². The Bertz CT molecular complexity index is 600. The van der Waals surface area contributed by atoms with Gasteiger partial charge in [0.05, 0.1) is 30.0 Å². The highest BCUT2D eigenvalue weighted by atomic mass is 127. The first-order valence-electron chi connectivity index (χ1n) is 6.36. The Morgan fingerprint density at radius 3 is 2.86 bits per heavy atom. The highest BCUT2D eigenvalue weighted by Crippen LogP contribution is 2.22. The molecular formula is C14H19IN4OS. The molecule has 0 fully saturated rings. The molecule has 0 amide bonds. The summed E-state index contributed by atoms with van der Waals surface area (Å²) in [4.78, 5) is 8.73. The average Bonchev–Trinajstić information content (AvgIpc) is 2.94. The van der Waals surface area contributed by atoms with Gasteiger partial charge in [-0.3, -0.25) is 0 Å². The van der Waals surface area contributed by atoms with Crippen LogP contribution >= 0.6 is 35.3 Å².